The van der Waals surface area contributed by atoms with Gasteiger partial charge in [0.05, 0.1) is 5.56 Å². The molecule has 2 nitrogen and oxygen atoms in total. The van der Waals surface area contributed by atoms with E-state index < -0.39 is 34.3 Å². The summed E-state index contributed by atoms with van der Waals surface area (Å²) < 4.78 is 75.7. The minimum absolute atomic E-state index is 0.0320. The van der Waals surface area contributed by atoms with Crippen molar-refractivity contribution in [3.8, 4) is 0 Å². The topological polar surface area (TPSA) is 25.8 Å². The molecule has 0 aliphatic carbocycles. The van der Waals surface area contributed by atoms with E-state index in [0.29, 0.717) is 24.0 Å². The molecule has 0 fully saturated rings. The summed E-state index contributed by atoms with van der Waals surface area (Å²) in [5.74, 6) is -4.08. The second kappa shape index (κ2) is 5.31. The SMILES string of the molecule is Fc1cc(F)c(Sc2ccc(C(F)(F)F)cn2)nc1F. The van der Waals surface area contributed by atoms with Crippen LogP contribution in [-0.4, -0.2) is 9.97 Å². The molecule has 0 radical (unpaired) electrons. The van der Waals surface area contributed by atoms with Gasteiger partial charge in [-0.25, -0.2) is 18.7 Å². The first-order valence-electron chi connectivity index (χ1n) is 5.00. The van der Waals surface area contributed by atoms with Crippen molar-refractivity contribution in [3.05, 3.63) is 47.5 Å². The van der Waals surface area contributed by atoms with Crippen LogP contribution in [0.2, 0.25) is 0 Å². The predicted molar refractivity (Wildman–Crippen MR) is 57.5 cm³/mol. The molecule has 0 amide bonds. The molecule has 0 bridgehead atoms. The Morgan fingerprint density at radius 1 is 1.00 bits per heavy atom. The van der Waals surface area contributed by atoms with E-state index in [1.54, 1.807) is 0 Å². The Morgan fingerprint density at radius 3 is 2.25 bits per heavy atom. The number of hydrogen-bond donors (Lipinski definition) is 0. The Morgan fingerprint density at radius 2 is 1.70 bits per heavy atom. The monoisotopic (exact) mass is 310 g/mol. The average molecular weight is 310 g/mol. The molecule has 0 spiro atoms. The van der Waals surface area contributed by atoms with Gasteiger partial charge < -0.3 is 0 Å². The molecule has 0 saturated heterocycles. The normalized spacial score (nSPS) is 11.7. The summed E-state index contributed by atoms with van der Waals surface area (Å²) in [6.45, 7) is 0. The summed E-state index contributed by atoms with van der Waals surface area (Å²) in [5.41, 5.74) is -0.972. The number of pyridine rings is 2. The van der Waals surface area contributed by atoms with Gasteiger partial charge in [0.25, 0.3) is 0 Å². The van der Waals surface area contributed by atoms with Crippen LogP contribution in [0.15, 0.2) is 34.4 Å². The molecule has 2 aromatic heterocycles. The van der Waals surface area contributed by atoms with Gasteiger partial charge in [0, 0.05) is 12.3 Å². The van der Waals surface area contributed by atoms with Gasteiger partial charge in [-0.1, -0.05) is 0 Å². The molecule has 0 atom stereocenters. The summed E-state index contributed by atoms with van der Waals surface area (Å²) in [4.78, 5) is 6.48. The van der Waals surface area contributed by atoms with Gasteiger partial charge in [-0.05, 0) is 23.9 Å². The van der Waals surface area contributed by atoms with Crippen molar-refractivity contribution in [1.29, 1.82) is 0 Å². The lowest BCUT2D eigenvalue weighted by Crippen LogP contribution is -2.05. The molecule has 2 heterocycles. The Balaban J connectivity index is 2.25. The van der Waals surface area contributed by atoms with Crippen molar-refractivity contribution in [2.45, 2.75) is 16.2 Å². The first-order valence-corrected chi connectivity index (χ1v) is 5.81. The van der Waals surface area contributed by atoms with E-state index in [4.69, 9.17) is 0 Å². The highest BCUT2D eigenvalue weighted by atomic mass is 32.2. The van der Waals surface area contributed by atoms with Crippen LogP contribution in [0.25, 0.3) is 0 Å². The van der Waals surface area contributed by atoms with E-state index in [2.05, 4.69) is 9.97 Å². The van der Waals surface area contributed by atoms with Crippen LogP contribution in [0, 0.1) is 17.6 Å². The van der Waals surface area contributed by atoms with E-state index in [1.165, 1.54) is 0 Å². The molecule has 0 saturated carbocycles. The standard InChI is InChI=1S/C11H4F6N2S/c12-6-3-7(13)10(19-9(6)14)20-8-2-1-5(4-18-8)11(15,16)17/h1-4H. The minimum atomic E-state index is -4.54. The molecule has 2 aromatic rings. The maximum Gasteiger partial charge on any atom is 0.417 e. The van der Waals surface area contributed by atoms with Crippen molar-refractivity contribution < 1.29 is 26.3 Å². The van der Waals surface area contributed by atoms with Gasteiger partial charge in [-0.2, -0.15) is 17.6 Å². The fourth-order valence-corrected chi connectivity index (χ4v) is 1.93. The number of aromatic nitrogens is 2. The Bertz CT molecular complexity index is 626. The largest absolute Gasteiger partial charge is 0.417 e. The molecule has 0 aromatic carbocycles. The quantitative estimate of drug-likeness (QED) is 0.618. The molecule has 0 N–H and O–H groups in total. The van der Waals surface area contributed by atoms with Gasteiger partial charge in [-0.3, -0.25) is 0 Å². The number of nitrogens with zero attached hydrogens (tertiary/aromatic N) is 2. The zero-order valence-electron chi connectivity index (χ0n) is 9.38. The zero-order valence-corrected chi connectivity index (χ0v) is 10.2. The lowest BCUT2D eigenvalue weighted by Gasteiger charge is -2.06. The van der Waals surface area contributed by atoms with Gasteiger partial charge in [0.2, 0.25) is 5.95 Å². The maximum absolute atomic E-state index is 13.3. The summed E-state index contributed by atoms with van der Waals surface area (Å²) in [5, 5.41) is -0.549. The Kier molecular flexibility index (Phi) is 3.89. The van der Waals surface area contributed by atoms with Crippen molar-refractivity contribution in [2.75, 3.05) is 0 Å². The fraction of sp³-hybridized carbons (Fsp3) is 0.0909. The van der Waals surface area contributed by atoms with Crippen molar-refractivity contribution in [2.24, 2.45) is 0 Å². The summed E-state index contributed by atoms with van der Waals surface area (Å²) in [6, 6.07) is 2.03. The van der Waals surface area contributed by atoms with Gasteiger partial charge in [0.1, 0.15) is 10.1 Å². The van der Waals surface area contributed by atoms with Gasteiger partial charge >= 0.3 is 6.18 Å². The number of hydrogen-bond acceptors (Lipinski definition) is 3. The zero-order chi connectivity index (χ0) is 14.9. The highest BCUT2D eigenvalue weighted by Crippen LogP contribution is 2.31. The second-order valence-electron chi connectivity index (χ2n) is 3.53. The second-order valence-corrected chi connectivity index (χ2v) is 4.54. The van der Waals surface area contributed by atoms with Crippen LogP contribution >= 0.6 is 11.8 Å². The lowest BCUT2D eigenvalue weighted by atomic mass is 10.3. The van der Waals surface area contributed by atoms with E-state index in [1.807, 2.05) is 0 Å². The average Bonchev–Trinajstić information content (AvgIpc) is 2.35. The van der Waals surface area contributed by atoms with E-state index in [0.717, 1.165) is 12.1 Å². The molecule has 0 unspecified atom stereocenters. The molecular weight excluding hydrogens is 306 g/mol. The van der Waals surface area contributed by atoms with Crippen molar-refractivity contribution in [1.82, 2.24) is 9.97 Å². The third kappa shape index (κ3) is 3.21. The van der Waals surface area contributed by atoms with Crippen LogP contribution in [-0.2, 0) is 6.18 Å². The molecule has 20 heavy (non-hydrogen) atoms. The van der Waals surface area contributed by atoms with Gasteiger partial charge in [0.15, 0.2) is 11.6 Å². The first-order chi connectivity index (χ1) is 9.27. The van der Waals surface area contributed by atoms with Crippen LogP contribution in [0.4, 0.5) is 26.3 Å². The van der Waals surface area contributed by atoms with Crippen molar-refractivity contribution in [3.63, 3.8) is 0 Å². The fourth-order valence-electron chi connectivity index (χ4n) is 1.21. The van der Waals surface area contributed by atoms with Crippen molar-refractivity contribution >= 4 is 11.8 Å². The molecule has 0 aliphatic heterocycles. The highest BCUT2D eigenvalue weighted by molar-refractivity contribution is 7.99. The lowest BCUT2D eigenvalue weighted by molar-refractivity contribution is -0.137. The molecular formula is C11H4F6N2S. The number of halogens is 6. The van der Waals surface area contributed by atoms with Crippen LogP contribution < -0.4 is 0 Å². The van der Waals surface area contributed by atoms with E-state index in [-0.39, 0.29) is 5.03 Å². The number of alkyl halides is 3. The molecule has 2 rings (SSSR count). The molecule has 9 heteroatoms. The van der Waals surface area contributed by atoms with Crippen LogP contribution in [0.3, 0.4) is 0 Å². The number of rotatable bonds is 2. The van der Waals surface area contributed by atoms with Gasteiger partial charge in [-0.15, -0.1) is 0 Å². The first kappa shape index (κ1) is 14.6. The third-order valence-corrected chi connectivity index (χ3v) is 3.05. The maximum atomic E-state index is 13.3. The smallest absolute Gasteiger partial charge is 0.249 e. The molecule has 0 aliphatic rings. The van der Waals surface area contributed by atoms with E-state index in [9.17, 15) is 26.3 Å². The minimum Gasteiger partial charge on any atom is -0.249 e. The summed E-state index contributed by atoms with van der Waals surface area (Å²) in [6.07, 6.45) is -3.98. The third-order valence-electron chi connectivity index (χ3n) is 2.12. The van der Waals surface area contributed by atoms with E-state index >= 15 is 0 Å². The highest BCUT2D eigenvalue weighted by Gasteiger charge is 2.30. The molecule has 106 valence electrons. The van der Waals surface area contributed by atoms with Crippen LogP contribution in [0.5, 0.6) is 0 Å². The van der Waals surface area contributed by atoms with Crippen LogP contribution in [0.1, 0.15) is 5.56 Å². The predicted octanol–water partition coefficient (Wildman–Crippen LogP) is 4.06. The summed E-state index contributed by atoms with van der Waals surface area (Å²) >= 11 is 0.485. The Hall–Kier alpha value is -1.77. The Labute approximate surface area is 112 Å². The summed E-state index contributed by atoms with van der Waals surface area (Å²) in [7, 11) is 0.